The highest BCUT2D eigenvalue weighted by atomic mass is 32.2. The van der Waals surface area contributed by atoms with Crippen LogP contribution in [-0.4, -0.2) is 42.4 Å². The molecule has 0 saturated carbocycles. The molecule has 0 aliphatic carbocycles. The number of rotatable bonds is 8. The summed E-state index contributed by atoms with van der Waals surface area (Å²) in [6.45, 7) is 0.866. The molecule has 7 nitrogen and oxygen atoms in total. The fraction of sp³-hybridized carbons (Fsp3) is 0.600. The van der Waals surface area contributed by atoms with Gasteiger partial charge in [-0.3, -0.25) is 0 Å². The second-order valence-electron chi connectivity index (χ2n) is 4.09. The van der Waals surface area contributed by atoms with Crippen LogP contribution in [-0.2, 0) is 26.4 Å². The Hall–Kier alpha value is -0.900. The van der Waals surface area contributed by atoms with Crippen LogP contribution in [0, 0.1) is 0 Å². The maximum atomic E-state index is 11.4. The van der Waals surface area contributed by atoms with Crippen molar-refractivity contribution >= 4 is 19.9 Å². The lowest BCUT2D eigenvalue weighted by atomic mass is 10.4. The Kier molecular flexibility index (Phi) is 5.53. The van der Waals surface area contributed by atoms with Gasteiger partial charge in [0.15, 0.2) is 0 Å². The molecule has 0 unspecified atom stereocenters. The second kappa shape index (κ2) is 6.51. The highest BCUT2D eigenvalue weighted by molar-refractivity contribution is 7.90. The number of hydrogen-bond donors (Lipinski definition) is 2. The number of sulfone groups is 1. The number of nitrogens with one attached hydrogen (secondary N) is 2. The van der Waals surface area contributed by atoms with Gasteiger partial charge < -0.3 is 9.73 Å². The van der Waals surface area contributed by atoms with Gasteiger partial charge in [0, 0.05) is 6.26 Å². The Balaban J connectivity index is 2.40. The molecule has 1 heterocycles. The lowest BCUT2D eigenvalue weighted by molar-refractivity contribution is 0.401. The summed E-state index contributed by atoms with van der Waals surface area (Å²) in [6.07, 6.45) is 1.69. The normalized spacial score (nSPS) is 12.7. The first-order chi connectivity index (χ1) is 8.74. The molecule has 1 aromatic rings. The molecule has 0 aliphatic heterocycles. The van der Waals surface area contributed by atoms with Gasteiger partial charge in [0.1, 0.15) is 15.6 Å². The molecule has 0 radical (unpaired) electrons. The molecule has 1 aromatic heterocycles. The van der Waals surface area contributed by atoms with Gasteiger partial charge in [0.25, 0.3) is 10.0 Å². The van der Waals surface area contributed by atoms with Gasteiger partial charge in [-0.15, -0.1) is 0 Å². The SMILES string of the molecule is CNS(=O)(=O)c1ccc(CNCCCS(C)(=O)=O)o1. The van der Waals surface area contributed by atoms with E-state index >= 15 is 0 Å². The fourth-order valence-corrected chi connectivity index (χ4v) is 2.70. The van der Waals surface area contributed by atoms with Crippen LogP contribution in [0.3, 0.4) is 0 Å². The third-order valence-electron chi connectivity index (χ3n) is 2.34. The zero-order valence-corrected chi connectivity index (χ0v) is 12.5. The van der Waals surface area contributed by atoms with Crippen molar-refractivity contribution in [1.82, 2.24) is 10.0 Å². The van der Waals surface area contributed by atoms with E-state index in [0.29, 0.717) is 25.3 Å². The van der Waals surface area contributed by atoms with Crippen LogP contribution in [0.15, 0.2) is 21.6 Å². The molecule has 0 spiro atoms. The molecular weight excluding hydrogens is 292 g/mol. The van der Waals surface area contributed by atoms with Crippen molar-refractivity contribution in [1.29, 1.82) is 0 Å². The molecule has 9 heteroatoms. The summed E-state index contributed by atoms with van der Waals surface area (Å²) in [4.78, 5) is 0. The zero-order valence-electron chi connectivity index (χ0n) is 10.8. The second-order valence-corrected chi connectivity index (χ2v) is 8.17. The highest BCUT2D eigenvalue weighted by Crippen LogP contribution is 2.12. The van der Waals surface area contributed by atoms with Gasteiger partial charge >= 0.3 is 0 Å². The van der Waals surface area contributed by atoms with E-state index in [1.54, 1.807) is 6.07 Å². The quantitative estimate of drug-likeness (QED) is 0.639. The molecule has 0 bridgehead atoms. The standard InChI is InChI=1S/C10H18N2O5S2/c1-11-19(15,16)10-5-4-9(17-10)8-12-6-3-7-18(2,13)14/h4-5,11-12H,3,6-8H2,1-2H3. The predicted molar refractivity (Wildman–Crippen MR) is 71.0 cm³/mol. The average Bonchev–Trinajstić information content (AvgIpc) is 2.76. The summed E-state index contributed by atoms with van der Waals surface area (Å²) < 4.78 is 51.9. The van der Waals surface area contributed by atoms with Crippen LogP contribution in [0.1, 0.15) is 12.2 Å². The first-order valence-corrected chi connectivity index (χ1v) is 9.20. The maximum absolute atomic E-state index is 11.4. The van der Waals surface area contributed by atoms with Crippen molar-refractivity contribution in [3.63, 3.8) is 0 Å². The van der Waals surface area contributed by atoms with Crippen LogP contribution in [0.5, 0.6) is 0 Å². The molecular formula is C10H18N2O5S2. The van der Waals surface area contributed by atoms with Crippen molar-refractivity contribution in [2.24, 2.45) is 0 Å². The first-order valence-electron chi connectivity index (χ1n) is 5.65. The largest absolute Gasteiger partial charge is 0.447 e. The maximum Gasteiger partial charge on any atom is 0.273 e. The van der Waals surface area contributed by atoms with E-state index in [4.69, 9.17) is 4.42 Å². The molecule has 0 aliphatic rings. The monoisotopic (exact) mass is 310 g/mol. The Bertz CT molecular complexity index is 604. The van der Waals surface area contributed by atoms with Gasteiger partial charge in [-0.05, 0) is 32.1 Å². The van der Waals surface area contributed by atoms with E-state index in [2.05, 4.69) is 10.0 Å². The molecule has 19 heavy (non-hydrogen) atoms. The molecule has 110 valence electrons. The Labute approximate surface area is 113 Å². The molecule has 0 fully saturated rings. The minimum atomic E-state index is -3.56. The Morgan fingerprint density at radius 3 is 2.47 bits per heavy atom. The number of furan rings is 1. The fourth-order valence-electron chi connectivity index (χ4n) is 1.37. The van der Waals surface area contributed by atoms with Gasteiger partial charge in [-0.2, -0.15) is 0 Å². The third kappa shape index (κ3) is 5.72. The van der Waals surface area contributed by atoms with Gasteiger partial charge in [-0.25, -0.2) is 21.6 Å². The van der Waals surface area contributed by atoms with Crippen LogP contribution in [0.4, 0.5) is 0 Å². The molecule has 0 atom stereocenters. The van der Waals surface area contributed by atoms with Crippen LogP contribution in [0.2, 0.25) is 0 Å². The lowest BCUT2D eigenvalue weighted by Crippen LogP contribution is -2.18. The number of sulfonamides is 1. The molecule has 0 aromatic carbocycles. The van der Waals surface area contributed by atoms with Gasteiger partial charge in [-0.1, -0.05) is 0 Å². The van der Waals surface area contributed by atoms with Gasteiger partial charge in [0.05, 0.1) is 12.3 Å². The van der Waals surface area contributed by atoms with Crippen LogP contribution in [0.25, 0.3) is 0 Å². The van der Waals surface area contributed by atoms with E-state index < -0.39 is 19.9 Å². The third-order valence-corrected chi connectivity index (χ3v) is 4.66. The van der Waals surface area contributed by atoms with Crippen LogP contribution >= 0.6 is 0 Å². The molecule has 2 N–H and O–H groups in total. The Morgan fingerprint density at radius 2 is 1.89 bits per heavy atom. The van der Waals surface area contributed by atoms with Crippen molar-refractivity contribution in [3.05, 3.63) is 17.9 Å². The van der Waals surface area contributed by atoms with E-state index in [1.165, 1.54) is 19.4 Å². The van der Waals surface area contributed by atoms with E-state index in [-0.39, 0.29) is 10.8 Å². The zero-order chi connectivity index (χ0) is 14.5. The average molecular weight is 310 g/mol. The van der Waals surface area contributed by atoms with Crippen LogP contribution < -0.4 is 10.0 Å². The van der Waals surface area contributed by atoms with Crippen molar-refractivity contribution < 1.29 is 21.3 Å². The van der Waals surface area contributed by atoms with Gasteiger partial charge in [0.2, 0.25) is 5.09 Å². The summed E-state index contributed by atoms with van der Waals surface area (Å²) in [5, 5.41) is 2.85. The molecule has 0 saturated heterocycles. The summed E-state index contributed by atoms with van der Waals surface area (Å²) in [7, 11) is -5.19. The molecule has 1 rings (SSSR count). The van der Waals surface area contributed by atoms with Crippen molar-refractivity contribution in [2.45, 2.75) is 18.1 Å². The lowest BCUT2D eigenvalue weighted by Gasteiger charge is -2.02. The summed E-state index contributed by atoms with van der Waals surface area (Å²) in [5.74, 6) is 0.602. The summed E-state index contributed by atoms with van der Waals surface area (Å²) >= 11 is 0. The number of hydrogen-bond acceptors (Lipinski definition) is 6. The first kappa shape index (κ1) is 16.2. The van der Waals surface area contributed by atoms with E-state index in [1.807, 2.05) is 0 Å². The topological polar surface area (TPSA) is 105 Å². The van der Waals surface area contributed by atoms with Crippen molar-refractivity contribution in [3.8, 4) is 0 Å². The van der Waals surface area contributed by atoms with E-state index in [9.17, 15) is 16.8 Å². The molecule has 0 amide bonds. The Morgan fingerprint density at radius 1 is 1.21 bits per heavy atom. The predicted octanol–water partition coefficient (Wildman–Crippen LogP) is -0.288. The van der Waals surface area contributed by atoms with Crippen molar-refractivity contribution in [2.75, 3.05) is 25.6 Å². The highest BCUT2D eigenvalue weighted by Gasteiger charge is 2.15. The smallest absolute Gasteiger partial charge is 0.273 e. The minimum Gasteiger partial charge on any atom is -0.447 e. The van der Waals surface area contributed by atoms with E-state index in [0.717, 1.165) is 0 Å². The summed E-state index contributed by atoms with van der Waals surface area (Å²) in [5.41, 5.74) is 0. The summed E-state index contributed by atoms with van der Waals surface area (Å²) in [6, 6.07) is 2.94. The minimum absolute atomic E-state index is 0.123.